The van der Waals surface area contributed by atoms with Crippen LogP contribution >= 0.6 is 11.6 Å². The van der Waals surface area contributed by atoms with Crippen LogP contribution in [-0.2, 0) is 4.79 Å². The van der Waals surface area contributed by atoms with Crippen LogP contribution in [0.3, 0.4) is 0 Å². The molecule has 2 aromatic carbocycles. The maximum Gasteiger partial charge on any atom is 0.270 e. The van der Waals surface area contributed by atoms with E-state index in [0.29, 0.717) is 11.4 Å². The first-order chi connectivity index (χ1) is 14.1. The molecule has 2 rings (SSSR count). The fraction of sp³-hybridized carbons (Fsp3) is 0.333. The maximum atomic E-state index is 12.7. The minimum absolute atomic E-state index is 0.0391. The van der Waals surface area contributed by atoms with Crippen molar-refractivity contribution in [1.29, 1.82) is 0 Å². The Morgan fingerprint density at radius 3 is 2.20 bits per heavy atom. The largest absolute Gasteiger partial charge is 0.491 e. The van der Waals surface area contributed by atoms with Crippen LogP contribution in [0.2, 0.25) is 5.02 Å². The highest BCUT2D eigenvalue weighted by molar-refractivity contribution is 6.34. The summed E-state index contributed by atoms with van der Waals surface area (Å²) < 4.78 is 5.57. The number of carbonyl (C=O) groups excluding carboxylic acids is 2. The van der Waals surface area contributed by atoms with Gasteiger partial charge in [0.05, 0.1) is 21.6 Å². The van der Waals surface area contributed by atoms with E-state index in [1.807, 2.05) is 13.8 Å². The monoisotopic (exact) mass is 433 g/mol. The molecule has 0 aliphatic carbocycles. The summed E-state index contributed by atoms with van der Waals surface area (Å²) >= 11 is 6.01. The van der Waals surface area contributed by atoms with Gasteiger partial charge in [-0.25, -0.2) is 0 Å². The molecule has 0 aromatic heterocycles. The summed E-state index contributed by atoms with van der Waals surface area (Å²) in [6.07, 6.45) is 0.0391. The molecule has 9 heteroatoms. The van der Waals surface area contributed by atoms with Crippen molar-refractivity contribution in [3.63, 3.8) is 0 Å². The van der Waals surface area contributed by atoms with Gasteiger partial charge in [0, 0.05) is 17.8 Å². The summed E-state index contributed by atoms with van der Waals surface area (Å²) in [6, 6.07) is 9.62. The smallest absolute Gasteiger partial charge is 0.270 e. The number of rotatable bonds is 8. The molecular formula is C21H24ClN3O5. The van der Waals surface area contributed by atoms with Crippen LogP contribution < -0.4 is 15.4 Å². The van der Waals surface area contributed by atoms with Crippen molar-refractivity contribution in [3.8, 4) is 5.75 Å². The molecule has 0 bridgehead atoms. The van der Waals surface area contributed by atoms with Gasteiger partial charge in [-0.05, 0) is 50.1 Å². The first-order valence-corrected chi connectivity index (χ1v) is 9.78. The molecule has 0 fully saturated rings. The normalized spacial score (nSPS) is 11.8. The summed E-state index contributed by atoms with van der Waals surface area (Å²) in [5.41, 5.74) is 0.389. The topological polar surface area (TPSA) is 111 Å². The molecule has 0 aliphatic heterocycles. The van der Waals surface area contributed by atoms with Gasteiger partial charge >= 0.3 is 0 Å². The van der Waals surface area contributed by atoms with E-state index in [1.165, 1.54) is 12.1 Å². The van der Waals surface area contributed by atoms with Gasteiger partial charge in [-0.3, -0.25) is 19.7 Å². The second kappa shape index (κ2) is 10.1. The second-order valence-electron chi connectivity index (χ2n) is 7.30. The number of nitrogens with one attached hydrogen (secondary N) is 2. The Morgan fingerprint density at radius 2 is 1.70 bits per heavy atom. The molecule has 0 aliphatic rings. The molecule has 160 valence electrons. The van der Waals surface area contributed by atoms with Gasteiger partial charge in [0.25, 0.3) is 11.6 Å². The molecule has 1 unspecified atom stereocenters. The first-order valence-electron chi connectivity index (χ1n) is 9.41. The third-order valence-corrected chi connectivity index (χ3v) is 4.45. The van der Waals surface area contributed by atoms with Crippen molar-refractivity contribution in [3.05, 3.63) is 63.2 Å². The maximum absolute atomic E-state index is 12.7. The number of nitro benzene ring substituents is 1. The Hall–Kier alpha value is -3.13. The lowest BCUT2D eigenvalue weighted by molar-refractivity contribution is -0.384. The molecule has 0 spiro atoms. The van der Waals surface area contributed by atoms with Crippen LogP contribution in [0.25, 0.3) is 0 Å². The predicted octanol–water partition coefficient (Wildman–Crippen LogP) is 4.43. The quantitative estimate of drug-likeness (QED) is 0.472. The van der Waals surface area contributed by atoms with E-state index in [0.717, 1.165) is 6.07 Å². The van der Waals surface area contributed by atoms with Crippen LogP contribution in [0.5, 0.6) is 5.75 Å². The van der Waals surface area contributed by atoms with E-state index in [9.17, 15) is 19.7 Å². The number of amides is 2. The molecule has 2 N–H and O–H groups in total. The second-order valence-corrected chi connectivity index (χ2v) is 7.70. The number of carbonyl (C=O) groups is 2. The average molecular weight is 434 g/mol. The third kappa shape index (κ3) is 6.18. The third-order valence-electron chi connectivity index (χ3n) is 4.14. The van der Waals surface area contributed by atoms with Gasteiger partial charge in [-0.15, -0.1) is 0 Å². The zero-order valence-corrected chi connectivity index (χ0v) is 17.9. The summed E-state index contributed by atoms with van der Waals surface area (Å²) in [4.78, 5) is 35.6. The van der Waals surface area contributed by atoms with Crippen molar-refractivity contribution in [2.45, 2.75) is 39.8 Å². The SMILES string of the molecule is CC(C)Oc1ccc(NC(=O)C(NC(=O)c2ccc([N+](=O)[O-])cc2Cl)C(C)C)cc1. The highest BCUT2D eigenvalue weighted by atomic mass is 35.5. The fourth-order valence-electron chi connectivity index (χ4n) is 2.66. The lowest BCUT2D eigenvalue weighted by Crippen LogP contribution is -2.47. The van der Waals surface area contributed by atoms with Gasteiger partial charge in [0.1, 0.15) is 11.8 Å². The number of ether oxygens (including phenoxy) is 1. The molecule has 8 nitrogen and oxygen atoms in total. The minimum Gasteiger partial charge on any atom is -0.491 e. The number of benzene rings is 2. The van der Waals surface area contributed by atoms with E-state index in [1.54, 1.807) is 38.1 Å². The zero-order valence-electron chi connectivity index (χ0n) is 17.1. The Bertz CT molecular complexity index is 929. The van der Waals surface area contributed by atoms with Gasteiger partial charge in [-0.2, -0.15) is 0 Å². The molecule has 30 heavy (non-hydrogen) atoms. The number of nitro groups is 1. The zero-order chi connectivity index (χ0) is 22.4. The van der Waals surface area contributed by atoms with Gasteiger partial charge < -0.3 is 15.4 Å². The molecule has 0 saturated carbocycles. The minimum atomic E-state index is -0.838. The molecule has 0 heterocycles. The number of anilines is 1. The molecule has 0 saturated heterocycles. The lowest BCUT2D eigenvalue weighted by Gasteiger charge is -2.22. The number of nitrogens with zero attached hydrogens (tertiary/aromatic N) is 1. The van der Waals surface area contributed by atoms with E-state index in [2.05, 4.69) is 10.6 Å². The van der Waals surface area contributed by atoms with Crippen molar-refractivity contribution >= 4 is 34.8 Å². The van der Waals surface area contributed by atoms with Gasteiger partial charge in [-0.1, -0.05) is 25.4 Å². The van der Waals surface area contributed by atoms with E-state index in [-0.39, 0.29) is 28.3 Å². The fourth-order valence-corrected chi connectivity index (χ4v) is 2.93. The Kier molecular flexibility index (Phi) is 7.77. The summed E-state index contributed by atoms with van der Waals surface area (Å²) in [5, 5.41) is 16.2. The highest BCUT2D eigenvalue weighted by Crippen LogP contribution is 2.23. The van der Waals surface area contributed by atoms with E-state index >= 15 is 0 Å². The molecule has 0 radical (unpaired) electrons. The number of hydrogen-bond donors (Lipinski definition) is 2. The standard InChI is InChI=1S/C21H24ClN3O5/c1-12(2)19(21(27)23-14-5-8-16(9-6-14)30-13(3)4)24-20(26)17-10-7-15(25(28)29)11-18(17)22/h5-13,19H,1-4H3,(H,23,27)(H,24,26). The predicted molar refractivity (Wildman–Crippen MR) is 115 cm³/mol. The average Bonchev–Trinajstić information content (AvgIpc) is 2.66. The van der Waals surface area contributed by atoms with Gasteiger partial charge in [0.15, 0.2) is 0 Å². The number of halogens is 1. The van der Waals surface area contributed by atoms with Crippen LogP contribution in [0.1, 0.15) is 38.1 Å². The van der Waals surface area contributed by atoms with Crippen LogP contribution in [0.15, 0.2) is 42.5 Å². The van der Waals surface area contributed by atoms with Crippen LogP contribution in [-0.4, -0.2) is 28.9 Å². The lowest BCUT2D eigenvalue weighted by atomic mass is 10.0. The van der Waals surface area contributed by atoms with E-state index < -0.39 is 22.8 Å². The summed E-state index contributed by atoms with van der Waals surface area (Å²) in [6.45, 7) is 7.43. The molecule has 2 aromatic rings. The molecular weight excluding hydrogens is 410 g/mol. The Labute approximate surface area is 179 Å². The Morgan fingerprint density at radius 1 is 1.07 bits per heavy atom. The first kappa shape index (κ1) is 23.2. The van der Waals surface area contributed by atoms with Crippen molar-refractivity contribution in [2.24, 2.45) is 5.92 Å². The van der Waals surface area contributed by atoms with E-state index in [4.69, 9.17) is 16.3 Å². The Balaban J connectivity index is 2.10. The molecule has 1 atom stereocenters. The summed E-state index contributed by atoms with van der Waals surface area (Å²) in [7, 11) is 0. The van der Waals surface area contributed by atoms with Crippen LogP contribution in [0.4, 0.5) is 11.4 Å². The number of non-ortho nitro benzene ring substituents is 1. The number of hydrogen-bond acceptors (Lipinski definition) is 5. The molecule has 2 amide bonds. The van der Waals surface area contributed by atoms with Crippen LogP contribution in [0, 0.1) is 16.0 Å². The van der Waals surface area contributed by atoms with Crippen molar-refractivity contribution in [2.75, 3.05) is 5.32 Å². The van der Waals surface area contributed by atoms with Crippen molar-refractivity contribution in [1.82, 2.24) is 5.32 Å². The highest BCUT2D eigenvalue weighted by Gasteiger charge is 2.26. The summed E-state index contributed by atoms with van der Waals surface area (Å²) in [5.74, 6) is -0.516. The van der Waals surface area contributed by atoms with Gasteiger partial charge in [0.2, 0.25) is 5.91 Å². The van der Waals surface area contributed by atoms with Crippen molar-refractivity contribution < 1.29 is 19.2 Å².